The van der Waals surface area contributed by atoms with Gasteiger partial charge in [0, 0.05) is 13.1 Å². The molecule has 1 unspecified atom stereocenters. The van der Waals surface area contributed by atoms with E-state index in [-0.39, 0.29) is 37.2 Å². The lowest BCUT2D eigenvalue weighted by molar-refractivity contribution is -0.141. The van der Waals surface area contributed by atoms with E-state index < -0.39 is 29.6 Å². The summed E-state index contributed by atoms with van der Waals surface area (Å²) in [6, 6.07) is 1.84. The molecule has 0 saturated carbocycles. The molecular formula is C14H15F2NO4. The summed E-state index contributed by atoms with van der Waals surface area (Å²) in [6.07, 6.45) is -0.882. The molecule has 1 aromatic rings. The number of amides is 1. The van der Waals surface area contributed by atoms with E-state index in [0.717, 1.165) is 12.1 Å². The van der Waals surface area contributed by atoms with E-state index in [1.165, 1.54) is 11.8 Å². The number of aliphatic carboxylic acids is 1. The van der Waals surface area contributed by atoms with Gasteiger partial charge in [0.05, 0.1) is 24.7 Å². The summed E-state index contributed by atoms with van der Waals surface area (Å²) in [5, 5.41) is 8.73. The minimum atomic E-state index is -1.04. The molecule has 0 bridgehead atoms. The first-order valence-corrected chi connectivity index (χ1v) is 6.47. The summed E-state index contributed by atoms with van der Waals surface area (Å²) in [5.41, 5.74) is -0.233. The number of benzene rings is 1. The summed E-state index contributed by atoms with van der Waals surface area (Å²) in [7, 11) is 0. The Balaban J connectivity index is 2.16. The van der Waals surface area contributed by atoms with Gasteiger partial charge in [0.15, 0.2) is 0 Å². The second-order valence-corrected chi connectivity index (χ2v) is 4.92. The van der Waals surface area contributed by atoms with E-state index in [0.29, 0.717) is 0 Å². The number of nitrogens with zero attached hydrogens (tertiary/aromatic N) is 1. The lowest BCUT2D eigenvalue weighted by atomic mass is 10.1. The molecule has 1 heterocycles. The molecular weight excluding hydrogens is 284 g/mol. The third-order valence-electron chi connectivity index (χ3n) is 3.31. The Bertz CT molecular complexity index is 576. The normalized spacial score (nSPS) is 18.6. The minimum Gasteiger partial charge on any atom is -0.481 e. The predicted octanol–water partition coefficient (Wildman–Crippen LogP) is 1.59. The number of carboxylic acids is 1. The predicted molar refractivity (Wildman–Crippen MR) is 69.0 cm³/mol. The highest BCUT2D eigenvalue weighted by atomic mass is 19.1. The number of hydrogen-bond acceptors (Lipinski definition) is 3. The van der Waals surface area contributed by atoms with Crippen LogP contribution in [-0.4, -0.2) is 47.7 Å². The molecule has 2 rings (SSSR count). The molecule has 5 nitrogen and oxygen atoms in total. The van der Waals surface area contributed by atoms with Crippen LogP contribution in [0.5, 0.6) is 0 Å². The average Bonchev–Trinajstić information content (AvgIpc) is 2.41. The van der Waals surface area contributed by atoms with Gasteiger partial charge in [0.2, 0.25) is 0 Å². The molecule has 1 aromatic carbocycles. The van der Waals surface area contributed by atoms with Crippen molar-refractivity contribution < 1.29 is 28.2 Å². The van der Waals surface area contributed by atoms with Gasteiger partial charge in [-0.1, -0.05) is 0 Å². The Morgan fingerprint density at radius 1 is 1.38 bits per heavy atom. The van der Waals surface area contributed by atoms with Crippen LogP contribution in [0.3, 0.4) is 0 Å². The average molecular weight is 299 g/mol. The second kappa shape index (κ2) is 6.17. The van der Waals surface area contributed by atoms with Crippen LogP contribution in [0.2, 0.25) is 0 Å². The standard InChI is InChI=1S/C14H15F2NO4/c1-8-4-12(16)10(6-11(8)15)14(20)17-2-3-21-9(7-17)5-13(18)19/h4,6,9H,2-3,5,7H2,1H3,(H,18,19). The van der Waals surface area contributed by atoms with Gasteiger partial charge < -0.3 is 14.7 Å². The first-order chi connectivity index (χ1) is 9.88. The zero-order chi connectivity index (χ0) is 15.6. The van der Waals surface area contributed by atoms with Crippen LogP contribution in [0.1, 0.15) is 22.3 Å². The number of halogens is 2. The number of carboxylic acid groups (broad SMARTS) is 1. The zero-order valence-electron chi connectivity index (χ0n) is 11.4. The highest BCUT2D eigenvalue weighted by Gasteiger charge is 2.28. The van der Waals surface area contributed by atoms with Gasteiger partial charge in [0.1, 0.15) is 11.6 Å². The molecule has 7 heteroatoms. The SMILES string of the molecule is Cc1cc(F)c(C(=O)N2CCOC(CC(=O)O)C2)cc1F. The van der Waals surface area contributed by atoms with Gasteiger partial charge in [-0.3, -0.25) is 9.59 Å². The van der Waals surface area contributed by atoms with E-state index >= 15 is 0 Å². The van der Waals surface area contributed by atoms with Crippen molar-refractivity contribution in [2.45, 2.75) is 19.4 Å². The summed E-state index contributed by atoms with van der Waals surface area (Å²) in [6.45, 7) is 1.83. The first kappa shape index (κ1) is 15.4. The van der Waals surface area contributed by atoms with Gasteiger partial charge >= 0.3 is 5.97 Å². The number of ether oxygens (including phenoxy) is 1. The van der Waals surface area contributed by atoms with Crippen molar-refractivity contribution in [3.63, 3.8) is 0 Å². The topological polar surface area (TPSA) is 66.8 Å². The van der Waals surface area contributed by atoms with Crippen LogP contribution in [0.25, 0.3) is 0 Å². The van der Waals surface area contributed by atoms with Crippen molar-refractivity contribution in [1.82, 2.24) is 4.90 Å². The van der Waals surface area contributed by atoms with Crippen molar-refractivity contribution in [2.75, 3.05) is 19.7 Å². The lowest BCUT2D eigenvalue weighted by Gasteiger charge is -2.32. The second-order valence-electron chi connectivity index (χ2n) is 4.92. The fraction of sp³-hybridized carbons (Fsp3) is 0.429. The number of hydrogen-bond donors (Lipinski definition) is 1. The van der Waals surface area contributed by atoms with Crippen LogP contribution in [0, 0.1) is 18.6 Å². The van der Waals surface area contributed by atoms with Gasteiger partial charge in [-0.15, -0.1) is 0 Å². The maximum absolute atomic E-state index is 13.8. The van der Waals surface area contributed by atoms with Crippen LogP contribution in [0.15, 0.2) is 12.1 Å². The van der Waals surface area contributed by atoms with E-state index in [9.17, 15) is 18.4 Å². The summed E-state index contributed by atoms with van der Waals surface area (Å²) >= 11 is 0. The molecule has 1 aliphatic rings. The first-order valence-electron chi connectivity index (χ1n) is 6.47. The molecule has 1 amide bonds. The fourth-order valence-electron chi connectivity index (χ4n) is 2.20. The van der Waals surface area contributed by atoms with Gasteiger partial charge in [-0.25, -0.2) is 8.78 Å². The third kappa shape index (κ3) is 3.55. The van der Waals surface area contributed by atoms with E-state index in [4.69, 9.17) is 9.84 Å². The maximum atomic E-state index is 13.8. The van der Waals surface area contributed by atoms with E-state index in [1.807, 2.05) is 0 Å². The zero-order valence-corrected chi connectivity index (χ0v) is 11.4. The largest absolute Gasteiger partial charge is 0.481 e. The molecule has 114 valence electrons. The molecule has 1 saturated heterocycles. The Labute approximate surface area is 120 Å². The number of rotatable bonds is 3. The highest BCUT2D eigenvalue weighted by Crippen LogP contribution is 2.18. The third-order valence-corrected chi connectivity index (χ3v) is 3.31. The molecule has 0 radical (unpaired) electrons. The van der Waals surface area contributed by atoms with Crippen molar-refractivity contribution >= 4 is 11.9 Å². The van der Waals surface area contributed by atoms with Crippen LogP contribution in [-0.2, 0) is 9.53 Å². The Morgan fingerprint density at radius 3 is 2.76 bits per heavy atom. The summed E-state index contributed by atoms with van der Waals surface area (Å²) in [4.78, 5) is 24.2. The molecule has 0 spiro atoms. The Morgan fingerprint density at radius 2 is 2.10 bits per heavy atom. The lowest BCUT2D eigenvalue weighted by Crippen LogP contribution is -2.46. The maximum Gasteiger partial charge on any atom is 0.306 e. The minimum absolute atomic E-state index is 0.0417. The summed E-state index contributed by atoms with van der Waals surface area (Å²) < 4.78 is 32.5. The molecule has 0 aliphatic carbocycles. The molecule has 1 fully saturated rings. The molecule has 21 heavy (non-hydrogen) atoms. The van der Waals surface area contributed by atoms with Crippen LogP contribution < -0.4 is 0 Å². The molecule has 1 atom stereocenters. The monoisotopic (exact) mass is 299 g/mol. The van der Waals surface area contributed by atoms with E-state index in [1.54, 1.807) is 0 Å². The van der Waals surface area contributed by atoms with E-state index in [2.05, 4.69) is 0 Å². The molecule has 1 N–H and O–H groups in total. The smallest absolute Gasteiger partial charge is 0.306 e. The van der Waals surface area contributed by atoms with Crippen LogP contribution >= 0.6 is 0 Å². The van der Waals surface area contributed by atoms with Gasteiger partial charge in [0.25, 0.3) is 5.91 Å². The fourth-order valence-corrected chi connectivity index (χ4v) is 2.20. The van der Waals surface area contributed by atoms with Crippen molar-refractivity contribution in [1.29, 1.82) is 0 Å². The van der Waals surface area contributed by atoms with Gasteiger partial charge in [-0.2, -0.15) is 0 Å². The quantitative estimate of drug-likeness (QED) is 0.920. The van der Waals surface area contributed by atoms with Crippen molar-refractivity contribution in [3.8, 4) is 0 Å². The Kier molecular flexibility index (Phi) is 4.52. The Hall–Kier alpha value is -2.02. The van der Waals surface area contributed by atoms with Gasteiger partial charge in [-0.05, 0) is 24.6 Å². The highest BCUT2D eigenvalue weighted by molar-refractivity contribution is 5.94. The number of morpholine rings is 1. The molecule has 1 aliphatic heterocycles. The molecule has 0 aromatic heterocycles. The van der Waals surface area contributed by atoms with Crippen molar-refractivity contribution in [2.24, 2.45) is 0 Å². The number of carbonyl (C=O) groups excluding carboxylic acids is 1. The van der Waals surface area contributed by atoms with Crippen molar-refractivity contribution in [3.05, 3.63) is 34.9 Å². The van der Waals surface area contributed by atoms with Crippen LogP contribution in [0.4, 0.5) is 8.78 Å². The number of aryl methyl sites for hydroxylation is 1. The number of carbonyl (C=O) groups is 2. The summed E-state index contributed by atoms with van der Waals surface area (Å²) in [5.74, 6) is -3.15.